The van der Waals surface area contributed by atoms with Crippen molar-refractivity contribution in [2.24, 2.45) is 5.10 Å². The van der Waals surface area contributed by atoms with Crippen LogP contribution in [0.4, 0.5) is 4.39 Å². The molecule has 1 aromatic heterocycles. The molecule has 1 heterocycles. The molecule has 32 heavy (non-hydrogen) atoms. The van der Waals surface area contributed by atoms with Gasteiger partial charge in [0.05, 0.1) is 26.6 Å². The van der Waals surface area contributed by atoms with E-state index in [4.69, 9.17) is 16.3 Å². The van der Waals surface area contributed by atoms with E-state index in [1.165, 1.54) is 17.0 Å². The first-order valence-electron chi connectivity index (χ1n) is 9.42. The normalized spacial score (nSPS) is 11.4. The van der Waals surface area contributed by atoms with E-state index in [1.807, 2.05) is 6.07 Å². The summed E-state index contributed by atoms with van der Waals surface area (Å²) in [6.45, 7) is 1.74. The van der Waals surface area contributed by atoms with Crippen LogP contribution in [-0.2, 0) is 6.61 Å². The van der Waals surface area contributed by atoms with E-state index in [2.05, 4.69) is 41.9 Å². The van der Waals surface area contributed by atoms with Crippen LogP contribution in [0.3, 0.4) is 0 Å². The monoisotopic (exact) mass is 577 g/mol. The smallest absolute Gasteiger partial charge is 0.282 e. The Bertz CT molecular complexity index is 1400. The van der Waals surface area contributed by atoms with Gasteiger partial charge in [0.1, 0.15) is 18.2 Å². The summed E-state index contributed by atoms with van der Waals surface area (Å²) in [5, 5.41) is 5.08. The molecule has 162 valence electrons. The molecule has 0 radical (unpaired) electrons. The highest BCUT2D eigenvalue weighted by Crippen LogP contribution is 2.35. The molecule has 3 aromatic carbocycles. The highest BCUT2D eigenvalue weighted by atomic mass is 79.9. The summed E-state index contributed by atoms with van der Waals surface area (Å²) in [5.41, 5.74) is 1.39. The predicted octanol–water partition coefficient (Wildman–Crippen LogP) is 6.48. The molecule has 9 heteroatoms. The van der Waals surface area contributed by atoms with Crippen LogP contribution in [0.5, 0.6) is 5.75 Å². The van der Waals surface area contributed by atoms with Crippen LogP contribution in [0.25, 0.3) is 10.9 Å². The molecule has 5 nitrogen and oxygen atoms in total. The van der Waals surface area contributed by atoms with Crippen LogP contribution in [0.1, 0.15) is 17.0 Å². The summed E-state index contributed by atoms with van der Waals surface area (Å²) in [7, 11) is 0. The number of rotatable bonds is 5. The Hall–Kier alpha value is -2.55. The van der Waals surface area contributed by atoms with Gasteiger partial charge in [-0.1, -0.05) is 45.7 Å². The first kappa shape index (κ1) is 22.6. The molecule has 4 rings (SSSR count). The largest absolute Gasteiger partial charge is 0.486 e. The average molecular weight is 580 g/mol. The van der Waals surface area contributed by atoms with Crippen LogP contribution in [0, 0.1) is 12.7 Å². The van der Waals surface area contributed by atoms with Crippen molar-refractivity contribution in [1.29, 1.82) is 0 Å². The number of benzene rings is 3. The van der Waals surface area contributed by atoms with E-state index in [1.54, 1.807) is 49.4 Å². The van der Waals surface area contributed by atoms with Crippen molar-refractivity contribution in [3.8, 4) is 5.75 Å². The summed E-state index contributed by atoms with van der Waals surface area (Å²) >= 11 is 13.2. The van der Waals surface area contributed by atoms with Crippen molar-refractivity contribution in [3.05, 3.63) is 102 Å². The van der Waals surface area contributed by atoms with Gasteiger partial charge in [0.25, 0.3) is 5.56 Å². The lowest BCUT2D eigenvalue weighted by Crippen LogP contribution is -2.20. The van der Waals surface area contributed by atoms with Gasteiger partial charge >= 0.3 is 0 Å². The molecule has 4 aromatic rings. The number of ether oxygens (including phenoxy) is 1. The molecule has 0 saturated carbocycles. The van der Waals surface area contributed by atoms with Crippen LogP contribution in [0.15, 0.2) is 73.4 Å². The van der Waals surface area contributed by atoms with Crippen LogP contribution < -0.4 is 10.3 Å². The van der Waals surface area contributed by atoms with E-state index in [-0.39, 0.29) is 18.0 Å². The lowest BCUT2D eigenvalue weighted by molar-refractivity contribution is 0.298. The van der Waals surface area contributed by atoms with Gasteiger partial charge in [-0.05, 0) is 64.8 Å². The fourth-order valence-corrected chi connectivity index (χ4v) is 4.43. The Morgan fingerprint density at radius 3 is 2.72 bits per heavy atom. The zero-order chi connectivity index (χ0) is 22.8. The molecule has 0 bridgehead atoms. The number of nitrogens with zero attached hydrogens (tertiary/aromatic N) is 3. The van der Waals surface area contributed by atoms with Gasteiger partial charge in [-0.15, -0.1) is 0 Å². The first-order chi connectivity index (χ1) is 15.3. The number of aromatic nitrogens is 2. The summed E-state index contributed by atoms with van der Waals surface area (Å²) in [4.78, 5) is 17.3. The topological polar surface area (TPSA) is 56.5 Å². The van der Waals surface area contributed by atoms with E-state index in [0.29, 0.717) is 43.1 Å². The summed E-state index contributed by atoms with van der Waals surface area (Å²) in [6, 6.07) is 15.1. The van der Waals surface area contributed by atoms with Gasteiger partial charge in [-0.3, -0.25) is 4.79 Å². The summed E-state index contributed by atoms with van der Waals surface area (Å²) < 4.78 is 22.1. The molecule has 0 atom stereocenters. The Morgan fingerprint density at radius 2 is 1.97 bits per heavy atom. The minimum Gasteiger partial charge on any atom is -0.486 e. The molecule has 0 fully saturated rings. The lowest BCUT2D eigenvalue weighted by atomic mass is 10.2. The molecule has 0 saturated heterocycles. The third-order valence-electron chi connectivity index (χ3n) is 4.64. The maximum Gasteiger partial charge on any atom is 0.282 e. The third-order valence-corrected chi connectivity index (χ3v) is 6.01. The fourth-order valence-electron chi connectivity index (χ4n) is 3.08. The summed E-state index contributed by atoms with van der Waals surface area (Å²) in [6.07, 6.45) is 1.51. The average Bonchev–Trinajstić information content (AvgIpc) is 2.75. The maximum atomic E-state index is 13.8. The number of fused-ring (bicyclic) bond motifs is 1. The minimum absolute atomic E-state index is 0.0331. The van der Waals surface area contributed by atoms with Gasteiger partial charge in [-0.2, -0.15) is 9.78 Å². The fraction of sp³-hybridized carbons (Fsp3) is 0.0870. The van der Waals surface area contributed by atoms with Crippen molar-refractivity contribution < 1.29 is 9.13 Å². The van der Waals surface area contributed by atoms with E-state index < -0.39 is 0 Å². The van der Waals surface area contributed by atoms with Gasteiger partial charge in [0.2, 0.25) is 0 Å². The van der Waals surface area contributed by atoms with Crippen LogP contribution in [-0.4, -0.2) is 15.9 Å². The quantitative estimate of drug-likeness (QED) is 0.254. The SMILES string of the molecule is Cc1nc2ccc(Br)cc2c(=O)n1N=Cc1cc(Cl)c(OCc2ccccc2F)c(Br)c1. The minimum atomic E-state index is -0.347. The number of halogens is 4. The van der Waals surface area contributed by atoms with E-state index in [9.17, 15) is 9.18 Å². The van der Waals surface area contributed by atoms with E-state index >= 15 is 0 Å². The van der Waals surface area contributed by atoms with Crippen molar-refractivity contribution in [3.63, 3.8) is 0 Å². The van der Waals surface area contributed by atoms with Crippen LogP contribution in [0.2, 0.25) is 5.02 Å². The molecule has 0 N–H and O–H groups in total. The van der Waals surface area contributed by atoms with Crippen molar-refractivity contribution in [2.45, 2.75) is 13.5 Å². The number of hydrogen-bond donors (Lipinski definition) is 0. The Morgan fingerprint density at radius 1 is 1.19 bits per heavy atom. The Kier molecular flexibility index (Phi) is 6.74. The van der Waals surface area contributed by atoms with Gasteiger partial charge in [0, 0.05) is 10.0 Å². The van der Waals surface area contributed by atoms with Crippen molar-refractivity contribution >= 4 is 60.6 Å². The maximum absolute atomic E-state index is 13.8. The predicted molar refractivity (Wildman–Crippen MR) is 131 cm³/mol. The highest BCUT2D eigenvalue weighted by Gasteiger charge is 2.12. The van der Waals surface area contributed by atoms with Crippen LogP contribution >= 0.6 is 43.5 Å². The first-order valence-corrected chi connectivity index (χ1v) is 11.4. The van der Waals surface area contributed by atoms with Gasteiger partial charge < -0.3 is 4.74 Å². The molecule has 0 aliphatic rings. The van der Waals surface area contributed by atoms with Gasteiger partial charge in [0.15, 0.2) is 5.75 Å². The zero-order valence-corrected chi connectivity index (χ0v) is 20.6. The third kappa shape index (κ3) is 4.77. The zero-order valence-electron chi connectivity index (χ0n) is 16.7. The second-order valence-corrected chi connectivity index (χ2v) is 9.05. The molecular weight excluding hydrogens is 565 g/mol. The highest BCUT2D eigenvalue weighted by molar-refractivity contribution is 9.10. The Balaban J connectivity index is 1.62. The molecular formula is C23H15Br2ClFN3O2. The second kappa shape index (κ2) is 9.52. The second-order valence-electron chi connectivity index (χ2n) is 6.88. The van der Waals surface area contributed by atoms with E-state index in [0.717, 1.165) is 4.47 Å². The van der Waals surface area contributed by atoms with Crippen molar-refractivity contribution in [2.75, 3.05) is 0 Å². The molecule has 0 aliphatic heterocycles. The summed E-state index contributed by atoms with van der Waals surface area (Å²) in [5.74, 6) is 0.494. The molecule has 0 unspecified atom stereocenters. The molecule has 0 spiro atoms. The Labute approximate surface area is 204 Å². The molecule has 0 aliphatic carbocycles. The van der Waals surface area contributed by atoms with Gasteiger partial charge in [-0.25, -0.2) is 9.37 Å². The lowest BCUT2D eigenvalue weighted by Gasteiger charge is -2.11. The molecule has 0 amide bonds. The van der Waals surface area contributed by atoms with Crippen molar-refractivity contribution in [1.82, 2.24) is 9.66 Å². The number of aryl methyl sites for hydroxylation is 1. The number of hydrogen-bond acceptors (Lipinski definition) is 4. The standard InChI is InChI=1S/C23H15Br2ClFN3O2/c1-13-29-21-7-6-16(24)10-17(21)23(31)30(13)28-11-14-8-18(25)22(19(26)9-14)32-12-15-4-2-3-5-20(15)27/h2-11H,12H2,1H3.